The summed E-state index contributed by atoms with van der Waals surface area (Å²) in [4.78, 5) is 26.3. The van der Waals surface area contributed by atoms with Gasteiger partial charge in [0.1, 0.15) is 10.8 Å². The topological polar surface area (TPSA) is 76.7 Å². The Kier molecular flexibility index (Phi) is 7.92. The maximum absolute atomic E-state index is 12.6. The van der Waals surface area contributed by atoms with Crippen LogP contribution in [0.4, 0.5) is 5.00 Å². The van der Waals surface area contributed by atoms with Crippen molar-refractivity contribution in [1.82, 2.24) is 5.32 Å². The summed E-state index contributed by atoms with van der Waals surface area (Å²) in [7, 11) is 0. The molecule has 1 amide bonds. The highest BCUT2D eigenvalue weighted by Gasteiger charge is 2.28. The van der Waals surface area contributed by atoms with E-state index >= 15 is 0 Å². The summed E-state index contributed by atoms with van der Waals surface area (Å²) >= 11 is 6.84. The van der Waals surface area contributed by atoms with Crippen LogP contribution in [0.25, 0.3) is 0 Å². The highest BCUT2D eigenvalue weighted by molar-refractivity contribution is 7.80. The minimum atomic E-state index is -0.360. The van der Waals surface area contributed by atoms with E-state index in [2.05, 4.69) is 22.8 Å². The Morgan fingerprint density at radius 3 is 2.56 bits per heavy atom. The van der Waals surface area contributed by atoms with Crippen molar-refractivity contribution in [3.05, 3.63) is 81.7 Å². The summed E-state index contributed by atoms with van der Waals surface area (Å²) in [5.41, 5.74) is 3.23. The lowest BCUT2D eigenvalue weighted by Gasteiger charge is -2.11. The van der Waals surface area contributed by atoms with Crippen molar-refractivity contribution in [2.75, 3.05) is 18.5 Å². The molecule has 2 N–H and O–H groups in total. The number of anilines is 1. The van der Waals surface area contributed by atoms with Crippen molar-refractivity contribution in [1.29, 1.82) is 0 Å². The highest BCUT2D eigenvalue weighted by atomic mass is 32.1. The van der Waals surface area contributed by atoms with Gasteiger partial charge in [0.05, 0.1) is 18.8 Å². The summed E-state index contributed by atoms with van der Waals surface area (Å²) in [6.45, 7) is 2.63. The zero-order chi connectivity index (χ0) is 23.9. The minimum Gasteiger partial charge on any atom is -0.493 e. The molecule has 3 aromatic rings. The van der Waals surface area contributed by atoms with E-state index in [9.17, 15) is 9.59 Å². The number of aryl methyl sites for hydroxylation is 1. The van der Waals surface area contributed by atoms with Gasteiger partial charge < -0.3 is 14.8 Å². The van der Waals surface area contributed by atoms with Gasteiger partial charge in [-0.3, -0.25) is 10.1 Å². The predicted molar refractivity (Wildman–Crippen MR) is 138 cm³/mol. The van der Waals surface area contributed by atoms with E-state index in [-0.39, 0.29) is 17.0 Å². The fraction of sp³-hybridized carbons (Fsp3) is 0.269. The van der Waals surface area contributed by atoms with E-state index in [1.165, 1.54) is 21.8 Å². The van der Waals surface area contributed by atoms with Crippen LogP contribution in [-0.2, 0) is 24.0 Å². The van der Waals surface area contributed by atoms with Crippen molar-refractivity contribution in [2.24, 2.45) is 0 Å². The van der Waals surface area contributed by atoms with Crippen LogP contribution in [0, 0.1) is 0 Å². The van der Waals surface area contributed by atoms with Crippen molar-refractivity contribution >= 4 is 45.5 Å². The van der Waals surface area contributed by atoms with Crippen molar-refractivity contribution < 1.29 is 19.1 Å². The van der Waals surface area contributed by atoms with Gasteiger partial charge in [0.25, 0.3) is 5.91 Å². The first-order valence-electron chi connectivity index (χ1n) is 11.3. The summed E-state index contributed by atoms with van der Waals surface area (Å²) in [6, 6.07) is 17.0. The fourth-order valence-corrected chi connectivity index (χ4v) is 5.40. The third-order valence-corrected chi connectivity index (χ3v) is 6.89. The van der Waals surface area contributed by atoms with Gasteiger partial charge in [-0.25, -0.2) is 4.79 Å². The monoisotopic (exact) mass is 494 g/mol. The molecule has 0 fully saturated rings. The number of esters is 1. The molecule has 0 atom stereocenters. The van der Waals surface area contributed by atoms with Gasteiger partial charge in [-0.1, -0.05) is 30.3 Å². The molecular weight excluding hydrogens is 468 g/mol. The molecule has 0 unspecified atom stereocenters. The van der Waals surface area contributed by atoms with E-state index in [1.54, 1.807) is 31.2 Å². The number of thiophene rings is 1. The summed E-state index contributed by atoms with van der Waals surface area (Å²) in [6.07, 6.45) is 3.62. The van der Waals surface area contributed by atoms with Crippen LogP contribution >= 0.6 is 23.6 Å². The van der Waals surface area contributed by atoms with Crippen LogP contribution in [0.2, 0.25) is 0 Å². The Bertz CT molecular complexity index is 1170. The molecule has 6 nitrogen and oxygen atoms in total. The van der Waals surface area contributed by atoms with Crippen molar-refractivity contribution in [3.8, 4) is 5.75 Å². The second-order valence-electron chi connectivity index (χ2n) is 7.80. The molecule has 0 saturated carbocycles. The molecule has 34 heavy (non-hydrogen) atoms. The number of benzene rings is 2. The Morgan fingerprint density at radius 2 is 1.82 bits per heavy atom. The molecule has 0 aliphatic heterocycles. The van der Waals surface area contributed by atoms with Gasteiger partial charge in [0.2, 0.25) is 0 Å². The van der Waals surface area contributed by atoms with E-state index in [4.69, 9.17) is 21.7 Å². The van der Waals surface area contributed by atoms with Crippen LogP contribution in [-0.4, -0.2) is 30.2 Å². The first-order valence-corrected chi connectivity index (χ1v) is 12.5. The van der Waals surface area contributed by atoms with E-state index in [1.807, 2.05) is 18.2 Å². The Balaban J connectivity index is 1.32. The van der Waals surface area contributed by atoms with E-state index < -0.39 is 0 Å². The quantitative estimate of drug-likeness (QED) is 0.333. The van der Waals surface area contributed by atoms with Gasteiger partial charge >= 0.3 is 5.97 Å². The van der Waals surface area contributed by atoms with Crippen molar-refractivity contribution in [3.63, 3.8) is 0 Å². The number of carbonyl (C=O) groups excluding carboxylic acids is 2. The second kappa shape index (κ2) is 11.3. The lowest BCUT2D eigenvalue weighted by molar-refractivity contribution is 0.0527. The number of rotatable bonds is 8. The smallest absolute Gasteiger partial charge is 0.341 e. The van der Waals surface area contributed by atoms with Gasteiger partial charge in [-0.05, 0) is 73.8 Å². The molecule has 176 valence electrons. The number of amides is 1. The number of carbonyl (C=O) groups is 2. The number of nitrogens with one attached hydrogen (secondary N) is 2. The van der Waals surface area contributed by atoms with E-state index in [0.29, 0.717) is 35.1 Å². The predicted octanol–water partition coefficient (Wildman–Crippen LogP) is 5.16. The summed E-state index contributed by atoms with van der Waals surface area (Å²) < 4.78 is 11.0. The molecule has 1 aromatic heterocycles. The lowest BCUT2D eigenvalue weighted by atomic mass is 10.1. The van der Waals surface area contributed by atoms with Gasteiger partial charge in [-0.15, -0.1) is 11.3 Å². The normalized spacial score (nSPS) is 12.0. The van der Waals surface area contributed by atoms with Crippen LogP contribution < -0.4 is 15.4 Å². The standard InChI is InChI=1S/C26H26N2O4S2/c1-2-31-25(30)22-20-9-6-10-21(20)34-24(22)28-26(33)27-23(29)18-11-13-19(14-12-18)32-16-15-17-7-4-3-5-8-17/h3-5,7-8,11-14H,2,6,9-10,15-16H2,1H3,(H2,27,28,29,33). The average Bonchev–Trinajstić information content (AvgIpc) is 3.41. The second-order valence-corrected chi connectivity index (χ2v) is 9.31. The number of hydrogen-bond acceptors (Lipinski definition) is 6. The lowest BCUT2D eigenvalue weighted by Crippen LogP contribution is -2.34. The van der Waals surface area contributed by atoms with Crippen LogP contribution in [0.3, 0.4) is 0 Å². The first kappa shape index (κ1) is 23.9. The molecule has 2 aromatic carbocycles. The molecule has 0 radical (unpaired) electrons. The van der Waals surface area contributed by atoms with Crippen LogP contribution in [0.5, 0.6) is 5.75 Å². The molecule has 0 spiro atoms. The fourth-order valence-electron chi connectivity index (χ4n) is 3.86. The van der Waals surface area contributed by atoms with Gasteiger partial charge in [0.15, 0.2) is 5.11 Å². The maximum Gasteiger partial charge on any atom is 0.341 e. The SMILES string of the molecule is CCOC(=O)c1c(NC(=S)NC(=O)c2ccc(OCCc3ccccc3)cc2)sc2c1CCC2. The largest absolute Gasteiger partial charge is 0.493 e. The molecule has 0 bridgehead atoms. The molecule has 1 aliphatic carbocycles. The number of thiocarbonyl (C=S) groups is 1. The average molecular weight is 495 g/mol. The van der Waals surface area contributed by atoms with Crippen molar-refractivity contribution in [2.45, 2.75) is 32.6 Å². The summed E-state index contributed by atoms with van der Waals surface area (Å²) in [5, 5.41) is 6.47. The number of hydrogen-bond donors (Lipinski definition) is 2. The Labute approximate surface area is 208 Å². The number of ether oxygens (including phenoxy) is 2. The van der Waals surface area contributed by atoms with Crippen LogP contribution in [0.15, 0.2) is 54.6 Å². The molecule has 0 saturated heterocycles. The van der Waals surface area contributed by atoms with Gasteiger partial charge in [0, 0.05) is 16.9 Å². The third-order valence-electron chi connectivity index (χ3n) is 5.47. The zero-order valence-corrected chi connectivity index (χ0v) is 20.5. The van der Waals surface area contributed by atoms with Crippen LogP contribution in [0.1, 0.15) is 50.1 Å². The molecule has 4 rings (SSSR count). The first-order chi connectivity index (χ1) is 16.5. The van der Waals surface area contributed by atoms with E-state index in [0.717, 1.165) is 31.2 Å². The Morgan fingerprint density at radius 1 is 1.06 bits per heavy atom. The molecule has 8 heteroatoms. The third kappa shape index (κ3) is 5.81. The summed E-state index contributed by atoms with van der Waals surface area (Å²) in [5.74, 6) is -0.00291. The minimum absolute atomic E-state index is 0.138. The maximum atomic E-state index is 12.6. The number of fused-ring (bicyclic) bond motifs is 1. The highest BCUT2D eigenvalue weighted by Crippen LogP contribution is 2.39. The zero-order valence-electron chi connectivity index (χ0n) is 18.9. The van der Waals surface area contributed by atoms with Gasteiger partial charge in [-0.2, -0.15) is 0 Å². The molecule has 1 aliphatic rings. The molecule has 1 heterocycles. The Hall–Kier alpha value is -3.23. The molecular formula is C26H26N2O4S2.